The number of unbranched alkanes of at least 4 members (excludes halogenated alkanes) is 1. The molecule has 0 aromatic carbocycles. The number of carbonyl (C=O) groups excluding carboxylic acids is 1. The predicted molar refractivity (Wildman–Crippen MR) is 77.1 cm³/mol. The lowest BCUT2D eigenvalue weighted by molar-refractivity contribution is -0.140. The highest BCUT2D eigenvalue weighted by atomic mass is 32.2. The van der Waals surface area contributed by atoms with Gasteiger partial charge in [-0.25, -0.2) is 13.2 Å². The van der Waals surface area contributed by atoms with Crippen LogP contribution in [-0.2, 0) is 19.4 Å². The Bertz CT molecular complexity index is 519. The zero-order valence-electron chi connectivity index (χ0n) is 12.5. The summed E-state index contributed by atoms with van der Waals surface area (Å²) in [6.45, 7) is 4.68. The van der Waals surface area contributed by atoms with Gasteiger partial charge in [0.25, 0.3) is 0 Å². The average molecular weight is 318 g/mol. The van der Waals surface area contributed by atoms with E-state index in [1.54, 1.807) is 13.8 Å². The van der Waals surface area contributed by atoms with Crippen molar-refractivity contribution in [3.63, 3.8) is 0 Å². The van der Waals surface area contributed by atoms with Gasteiger partial charge < -0.3 is 10.4 Å². The molecular weight excluding hydrogens is 296 g/mol. The molecule has 0 aliphatic rings. The second-order valence-electron chi connectivity index (χ2n) is 5.66. The molecule has 0 bridgehead atoms. The first-order valence-corrected chi connectivity index (χ1v) is 8.43. The number of carboxylic acids is 1. The van der Waals surface area contributed by atoms with E-state index in [-0.39, 0.29) is 5.75 Å². The van der Waals surface area contributed by atoms with Crippen LogP contribution >= 0.6 is 0 Å². The SMILES string of the molecule is CC(=O)N[C@@H](CS(=O)(=O)CCCCC(C)(C)C#N)C(=O)O. The lowest BCUT2D eigenvalue weighted by atomic mass is 9.89. The summed E-state index contributed by atoms with van der Waals surface area (Å²) in [5.41, 5.74) is -0.496. The molecule has 0 unspecified atom stereocenters. The van der Waals surface area contributed by atoms with Gasteiger partial charge in [0.1, 0.15) is 6.04 Å². The van der Waals surface area contributed by atoms with Crippen molar-refractivity contribution in [3.05, 3.63) is 0 Å². The number of carboxylic acid groups (broad SMARTS) is 1. The lowest BCUT2D eigenvalue weighted by Gasteiger charge is -2.15. The molecule has 0 aliphatic carbocycles. The molecule has 0 saturated carbocycles. The number of nitrogens with one attached hydrogen (secondary N) is 1. The van der Waals surface area contributed by atoms with Gasteiger partial charge in [-0.1, -0.05) is 6.42 Å². The topological polar surface area (TPSA) is 124 Å². The van der Waals surface area contributed by atoms with Crippen molar-refractivity contribution < 1.29 is 23.1 Å². The Morgan fingerprint density at radius 1 is 1.33 bits per heavy atom. The Morgan fingerprint density at radius 3 is 2.33 bits per heavy atom. The highest BCUT2D eigenvalue weighted by Crippen LogP contribution is 2.21. The number of nitrogens with zero attached hydrogens (tertiary/aromatic N) is 1. The van der Waals surface area contributed by atoms with Gasteiger partial charge in [-0.2, -0.15) is 5.26 Å². The number of amides is 1. The monoisotopic (exact) mass is 318 g/mol. The quantitative estimate of drug-likeness (QED) is 0.603. The summed E-state index contributed by atoms with van der Waals surface area (Å²) in [7, 11) is -3.57. The number of sulfone groups is 1. The number of rotatable bonds is 9. The van der Waals surface area contributed by atoms with Gasteiger partial charge in [-0.15, -0.1) is 0 Å². The maximum Gasteiger partial charge on any atom is 0.327 e. The van der Waals surface area contributed by atoms with Crippen LogP contribution in [0.2, 0.25) is 0 Å². The summed E-state index contributed by atoms with van der Waals surface area (Å²) in [6.07, 6.45) is 1.50. The van der Waals surface area contributed by atoms with E-state index >= 15 is 0 Å². The van der Waals surface area contributed by atoms with Gasteiger partial charge in [-0.3, -0.25) is 4.79 Å². The molecule has 0 rings (SSSR count). The van der Waals surface area contributed by atoms with Crippen molar-refractivity contribution in [2.45, 2.75) is 46.1 Å². The zero-order chi connectivity index (χ0) is 16.7. The largest absolute Gasteiger partial charge is 0.480 e. The van der Waals surface area contributed by atoms with E-state index in [2.05, 4.69) is 11.4 Å². The van der Waals surface area contributed by atoms with Crippen LogP contribution in [0.4, 0.5) is 0 Å². The first-order chi connectivity index (χ1) is 9.49. The number of nitriles is 1. The third-order valence-electron chi connectivity index (χ3n) is 2.91. The van der Waals surface area contributed by atoms with Gasteiger partial charge >= 0.3 is 5.97 Å². The molecule has 0 spiro atoms. The molecule has 120 valence electrons. The fourth-order valence-corrected chi connectivity index (χ4v) is 3.25. The van der Waals surface area contributed by atoms with Gasteiger partial charge in [0.2, 0.25) is 5.91 Å². The van der Waals surface area contributed by atoms with E-state index < -0.39 is 38.9 Å². The minimum Gasteiger partial charge on any atom is -0.480 e. The standard InChI is InChI=1S/C13H22N2O5S/c1-10(16)15-11(12(17)18)8-21(19,20)7-5-4-6-13(2,3)9-14/h11H,4-8H2,1-3H3,(H,15,16)(H,17,18)/t11-/m0/s1. The fourth-order valence-electron chi connectivity index (χ4n) is 1.70. The molecule has 0 radical (unpaired) electrons. The zero-order valence-corrected chi connectivity index (χ0v) is 13.4. The van der Waals surface area contributed by atoms with Gasteiger partial charge in [0.05, 0.1) is 23.0 Å². The van der Waals surface area contributed by atoms with E-state index in [9.17, 15) is 18.0 Å². The minimum absolute atomic E-state index is 0.155. The van der Waals surface area contributed by atoms with Crippen molar-refractivity contribution in [1.29, 1.82) is 5.26 Å². The summed E-state index contributed by atoms with van der Waals surface area (Å²) in [6, 6.07) is 0.705. The van der Waals surface area contributed by atoms with E-state index in [0.717, 1.165) is 6.92 Å². The summed E-state index contributed by atoms with van der Waals surface area (Å²) in [5.74, 6) is -2.74. The minimum atomic E-state index is -3.57. The van der Waals surface area contributed by atoms with E-state index in [0.29, 0.717) is 19.3 Å². The smallest absolute Gasteiger partial charge is 0.327 e. The van der Waals surface area contributed by atoms with Gasteiger partial charge in [0.15, 0.2) is 9.84 Å². The van der Waals surface area contributed by atoms with Crippen LogP contribution in [0.1, 0.15) is 40.0 Å². The highest BCUT2D eigenvalue weighted by molar-refractivity contribution is 7.91. The molecule has 2 N–H and O–H groups in total. The van der Waals surface area contributed by atoms with E-state index in [4.69, 9.17) is 10.4 Å². The summed E-state index contributed by atoms with van der Waals surface area (Å²) >= 11 is 0. The second kappa shape index (κ2) is 7.98. The Hall–Kier alpha value is -1.62. The number of hydrogen-bond donors (Lipinski definition) is 2. The van der Waals surface area contributed by atoms with Crippen LogP contribution in [0, 0.1) is 16.7 Å². The average Bonchev–Trinajstić information content (AvgIpc) is 2.33. The molecule has 1 atom stereocenters. The third kappa shape index (κ3) is 9.02. The molecule has 7 nitrogen and oxygen atoms in total. The summed E-state index contributed by atoms with van der Waals surface area (Å²) in [5, 5.41) is 19.8. The third-order valence-corrected chi connectivity index (χ3v) is 4.66. The molecule has 0 fully saturated rings. The summed E-state index contributed by atoms with van der Waals surface area (Å²) < 4.78 is 23.7. The Kier molecular flexibility index (Phi) is 7.36. The van der Waals surface area contributed by atoms with Crippen molar-refractivity contribution in [2.24, 2.45) is 5.41 Å². The van der Waals surface area contributed by atoms with Crippen LogP contribution in [-0.4, -0.2) is 42.9 Å². The molecular formula is C13H22N2O5S. The van der Waals surface area contributed by atoms with Gasteiger partial charge in [0, 0.05) is 6.92 Å². The van der Waals surface area contributed by atoms with Crippen molar-refractivity contribution in [2.75, 3.05) is 11.5 Å². The number of aliphatic carboxylic acids is 1. The Labute approximate surface area is 125 Å². The maximum atomic E-state index is 11.8. The van der Waals surface area contributed by atoms with Gasteiger partial charge in [-0.05, 0) is 26.7 Å². The van der Waals surface area contributed by atoms with E-state index in [1.807, 2.05) is 0 Å². The molecule has 1 amide bonds. The molecule has 0 heterocycles. The molecule has 0 aliphatic heterocycles. The predicted octanol–water partition coefficient (Wildman–Crippen LogP) is 0.711. The highest BCUT2D eigenvalue weighted by Gasteiger charge is 2.26. The van der Waals surface area contributed by atoms with Crippen LogP contribution in [0.5, 0.6) is 0 Å². The van der Waals surface area contributed by atoms with Crippen LogP contribution in [0.25, 0.3) is 0 Å². The van der Waals surface area contributed by atoms with Crippen molar-refractivity contribution >= 4 is 21.7 Å². The van der Waals surface area contributed by atoms with Crippen LogP contribution in [0.3, 0.4) is 0 Å². The van der Waals surface area contributed by atoms with Crippen LogP contribution in [0.15, 0.2) is 0 Å². The molecule has 21 heavy (non-hydrogen) atoms. The normalized spacial score (nSPS) is 13.2. The first kappa shape index (κ1) is 19.4. The number of carbonyl (C=O) groups is 2. The fraction of sp³-hybridized carbons (Fsp3) is 0.769. The number of hydrogen-bond acceptors (Lipinski definition) is 5. The van der Waals surface area contributed by atoms with Crippen LogP contribution < -0.4 is 5.32 Å². The second-order valence-corrected chi connectivity index (χ2v) is 7.89. The molecule has 8 heteroatoms. The van der Waals surface area contributed by atoms with Crippen molar-refractivity contribution in [1.82, 2.24) is 5.32 Å². The lowest BCUT2D eigenvalue weighted by Crippen LogP contribution is -2.44. The first-order valence-electron chi connectivity index (χ1n) is 6.61. The molecule has 0 saturated heterocycles. The summed E-state index contributed by atoms with van der Waals surface area (Å²) in [4.78, 5) is 21.7. The molecule has 0 aromatic heterocycles. The van der Waals surface area contributed by atoms with E-state index in [1.165, 1.54) is 0 Å². The molecule has 0 aromatic rings. The maximum absolute atomic E-state index is 11.8. The Morgan fingerprint density at radius 2 is 1.90 bits per heavy atom. The Balaban J connectivity index is 4.40. The van der Waals surface area contributed by atoms with Crippen molar-refractivity contribution in [3.8, 4) is 6.07 Å².